The van der Waals surface area contributed by atoms with Crippen molar-refractivity contribution in [2.45, 2.75) is 57.9 Å². The molecular formula is C25H31BrN2O3. The molecule has 6 heteroatoms. The first kappa shape index (κ1) is 22.2. The number of hydrogen-bond acceptors (Lipinski definition) is 4. The number of carbonyl (C=O) groups excluding carboxylic acids is 1. The zero-order valence-electron chi connectivity index (χ0n) is 18.6. The Kier molecular flexibility index (Phi) is 6.31. The van der Waals surface area contributed by atoms with E-state index in [4.69, 9.17) is 9.47 Å². The summed E-state index contributed by atoms with van der Waals surface area (Å²) < 4.78 is 12.6. The van der Waals surface area contributed by atoms with Crippen molar-refractivity contribution in [3.63, 3.8) is 0 Å². The number of amides is 1. The molecule has 1 saturated carbocycles. The Balaban J connectivity index is 1.34. The minimum absolute atomic E-state index is 0.0451. The van der Waals surface area contributed by atoms with Crippen molar-refractivity contribution in [3.05, 3.63) is 64.1 Å². The highest BCUT2D eigenvalue weighted by Crippen LogP contribution is 2.45. The Morgan fingerprint density at radius 2 is 1.81 bits per heavy atom. The second-order valence-electron chi connectivity index (χ2n) is 9.61. The molecule has 0 atom stereocenters. The monoisotopic (exact) mass is 486 g/mol. The standard InChI is InChI=1S/C25H31BrN2O3/c1-24(2,3)31-23(29)28-14-13-27(18-25(28)11-12-25)16-20-9-10-22(21(26)15-20)30-17-19-7-5-4-6-8-19/h4-10,15H,11-14,16-18H2,1-3H3. The van der Waals surface area contributed by atoms with Crippen LogP contribution in [0.1, 0.15) is 44.7 Å². The molecule has 0 unspecified atom stereocenters. The second kappa shape index (κ2) is 8.83. The zero-order valence-corrected chi connectivity index (χ0v) is 20.2. The lowest BCUT2D eigenvalue weighted by atomic mass is 10.1. The van der Waals surface area contributed by atoms with E-state index in [0.29, 0.717) is 13.2 Å². The summed E-state index contributed by atoms with van der Waals surface area (Å²) in [5, 5.41) is 0. The first-order valence-corrected chi connectivity index (χ1v) is 11.7. The number of nitrogens with zero attached hydrogens (tertiary/aromatic N) is 2. The zero-order chi connectivity index (χ0) is 22.1. The van der Waals surface area contributed by atoms with Crippen molar-refractivity contribution in [1.29, 1.82) is 0 Å². The highest BCUT2D eigenvalue weighted by Gasteiger charge is 2.54. The quantitative estimate of drug-likeness (QED) is 0.550. The van der Waals surface area contributed by atoms with Gasteiger partial charge in [-0.2, -0.15) is 0 Å². The van der Waals surface area contributed by atoms with Crippen LogP contribution in [0, 0.1) is 0 Å². The van der Waals surface area contributed by atoms with Crippen LogP contribution in [0.25, 0.3) is 0 Å². The van der Waals surface area contributed by atoms with Crippen LogP contribution >= 0.6 is 15.9 Å². The molecule has 31 heavy (non-hydrogen) atoms. The summed E-state index contributed by atoms with van der Waals surface area (Å²) in [7, 11) is 0. The number of hydrogen-bond donors (Lipinski definition) is 0. The van der Waals surface area contributed by atoms with Gasteiger partial charge in [0.25, 0.3) is 0 Å². The number of piperazine rings is 1. The van der Waals surface area contributed by atoms with Crippen LogP contribution in [0.2, 0.25) is 0 Å². The van der Waals surface area contributed by atoms with Crippen LogP contribution in [0.3, 0.4) is 0 Å². The maximum atomic E-state index is 12.6. The predicted molar refractivity (Wildman–Crippen MR) is 125 cm³/mol. The van der Waals surface area contributed by atoms with Gasteiger partial charge in [0.05, 0.1) is 10.0 Å². The van der Waals surface area contributed by atoms with Crippen molar-refractivity contribution in [2.24, 2.45) is 0 Å². The number of rotatable bonds is 5. The van der Waals surface area contributed by atoms with E-state index in [-0.39, 0.29) is 11.6 Å². The molecule has 1 heterocycles. The molecule has 5 nitrogen and oxygen atoms in total. The smallest absolute Gasteiger partial charge is 0.410 e. The van der Waals surface area contributed by atoms with Gasteiger partial charge in [0.1, 0.15) is 18.0 Å². The highest BCUT2D eigenvalue weighted by atomic mass is 79.9. The average Bonchev–Trinajstić information content (AvgIpc) is 3.46. The maximum Gasteiger partial charge on any atom is 0.410 e. The number of ether oxygens (including phenoxy) is 2. The van der Waals surface area contributed by atoms with E-state index in [1.165, 1.54) is 5.56 Å². The second-order valence-corrected chi connectivity index (χ2v) is 10.5. The van der Waals surface area contributed by atoms with Crippen LogP contribution in [0.5, 0.6) is 5.75 Å². The maximum absolute atomic E-state index is 12.6. The first-order chi connectivity index (χ1) is 14.7. The molecule has 2 aromatic carbocycles. The Hall–Kier alpha value is -2.05. The molecule has 4 rings (SSSR count). The van der Waals surface area contributed by atoms with Crippen molar-refractivity contribution in [1.82, 2.24) is 9.80 Å². The molecule has 2 aliphatic rings. The summed E-state index contributed by atoms with van der Waals surface area (Å²) in [6.07, 6.45) is 1.93. The van der Waals surface area contributed by atoms with Crippen LogP contribution in [0.15, 0.2) is 53.0 Å². The Morgan fingerprint density at radius 1 is 1.06 bits per heavy atom. The summed E-state index contributed by atoms with van der Waals surface area (Å²) in [5.41, 5.74) is 1.88. The Bertz CT molecular complexity index is 922. The summed E-state index contributed by atoms with van der Waals surface area (Å²) in [5.74, 6) is 0.848. The van der Waals surface area contributed by atoms with Gasteiger partial charge in [-0.05, 0) is 72.8 Å². The molecule has 1 amide bonds. The number of carbonyl (C=O) groups is 1. The molecule has 166 valence electrons. The largest absolute Gasteiger partial charge is 0.488 e. The van der Waals surface area contributed by atoms with E-state index >= 15 is 0 Å². The lowest BCUT2D eigenvalue weighted by Crippen LogP contribution is -2.57. The van der Waals surface area contributed by atoms with E-state index in [0.717, 1.165) is 48.3 Å². The van der Waals surface area contributed by atoms with E-state index in [1.54, 1.807) is 0 Å². The van der Waals surface area contributed by atoms with E-state index < -0.39 is 5.60 Å². The fourth-order valence-electron chi connectivity index (χ4n) is 4.12. The lowest BCUT2D eigenvalue weighted by Gasteiger charge is -2.42. The molecule has 1 aliphatic carbocycles. The summed E-state index contributed by atoms with van der Waals surface area (Å²) >= 11 is 3.66. The first-order valence-electron chi connectivity index (χ1n) is 10.9. The van der Waals surface area contributed by atoms with Crippen molar-refractivity contribution in [2.75, 3.05) is 19.6 Å². The Labute approximate surface area is 193 Å². The van der Waals surface area contributed by atoms with Gasteiger partial charge in [-0.15, -0.1) is 0 Å². The molecule has 2 fully saturated rings. The fraction of sp³-hybridized carbons (Fsp3) is 0.480. The minimum atomic E-state index is -0.457. The van der Waals surface area contributed by atoms with E-state index in [2.05, 4.69) is 45.1 Å². The molecule has 0 bridgehead atoms. The van der Waals surface area contributed by atoms with Crippen molar-refractivity contribution >= 4 is 22.0 Å². The van der Waals surface area contributed by atoms with Crippen LogP contribution in [0.4, 0.5) is 4.79 Å². The molecule has 0 radical (unpaired) electrons. The normalized spacial score (nSPS) is 18.1. The third-order valence-electron chi connectivity index (χ3n) is 5.81. The van der Waals surface area contributed by atoms with Crippen LogP contribution in [-0.4, -0.2) is 46.7 Å². The van der Waals surface area contributed by atoms with Crippen molar-refractivity contribution < 1.29 is 14.3 Å². The Morgan fingerprint density at radius 3 is 2.45 bits per heavy atom. The predicted octanol–water partition coefficient (Wildman–Crippen LogP) is 5.61. The van der Waals surface area contributed by atoms with Gasteiger partial charge in [0.2, 0.25) is 0 Å². The van der Waals surface area contributed by atoms with Crippen LogP contribution < -0.4 is 4.74 Å². The lowest BCUT2D eigenvalue weighted by molar-refractivity contribution is -0.00808. The number of halogens is 1. The summed E-state index contributed by atoms with van der Waals surface area (Å²) in [6.45, 7) is 9.65. The van der Waals surface area contributed by atoms with Crippen LogP contribution in [-0.2, 0) is 17.9 Å². The number of benzene rings is 2. The average molecular weight is 487 g/mol. The highest BCUT2D eigenvalue weighted by molar-refractivity contribution is 9.10. The molecule has 1 spiro atoms. The third kappa shape index (κ3) is 5.60. The van der Waals surface area contributed by atoms with Gasteiger partial charge < -0.3 is 9.47 Å². The van der Waals surface area contributed by atoms with Gasteiger partial charge in [0.15, 0.2) is 0 Å². The molecule has 2 aromatic rings. The van der Waals surface area contributed by atoms with Gasteiger partial charge >= 0.3 is 6.09 Å². The van der Waals surface area contributed by atoms with E-state index in [1.807, 2.05) is 49.9 Å². The van der Waals surface area contributed by atoms with Gasteiger partial charge in [0, 0.05) is 26.2 Å². The third-order valence-corrected chi connectivity index (χ3v) is 6.43. The van der Waals surface area contributed by atoms with Crippen molar-refractivity contribution in [3.8, 4) is 5.75 Å². The summed E-state index contributed by atoms with van der Waals surface area (Å²) in [4.78, 5) is 17.1. The fourth-order valence-corrected chi connectivity index (χ4v) is 4.66. The molecular weight excluding hydrogens is 456 g/mol. The SMILES string of the molecule is CC(C)(C)OC(=O)N1CCN(Cc2ccc(OCc3ccccc3)c(Br)c2)CC12CC2. The van der Waals surface area contributed by atoms with Gasteiger partial charge in [-0.25, -0.2) is 4.79 Å². The topological polar surface area (TPSA) is 42.0 Å². The van der Waals surface area contributed by atoms with Gasteiger partial charge in [-0.3, -0.25) is 9.80 Å². The summed E-state index contributed by atoms with van der Waals surface area (Å²) in [6, 6.07) is 16.5. The molecule has 1 saturated heterocycles. The van der Waals surface area contributed by atoms with Gasteiger partial charge in [-0.1, -0.05) is 36.4 Å². The van der Waals surface area contributed by atoms with E-state index in [9.17, 15) is 4.79 Å². The molecule has 0 aromatic heterocycles. The minimum Gasteiger partial charge on any atom is -0.488 e. The molecule has 0 N–H and O–H groups in total. The molecule has 1 aliphatic heterocycles.